The number of hydrogen-bond donors (Lipinski definition) is 2. The number of likely N-dealkylation sites (N-methyl/N-ethyl adjacent to an activating group) is 2. The third-order valence-corrected chi connectivity index (χ3v) is 3.37. The first kappa shape index (κ1) is 13.0. The molecule has 0 amide bonds. The second-order valence-corrected chi connectivity index (χ2v) is 4.67. The molecule has 2 rings (SSSR count). The van der Waals surface area contributed by atoms with Gasteiger partial charge in [0.25, 0.3) is 0 Å². The van der Waals surface area contributed by atoms with Crippen LogP contribution in [0.4, 0.5) is 16.2 Å². The molecular weight excluding hydrogens is 235 g/mol. The highest BCUT2D eigenvalue weighted by Gasteiger charge is 2.23. The van der Waals surface area contributed by atoms with Crippen LogP contribution in [0.25, 0.3) is 0 Å². The second kappa shape index (κ2) is 5.45. The predicted octanol–water partition coefficient (Wildman–Crippen LogP) is 0.432. The van der Waals surface area contributed by atoms with Gasteiger partial charge in [0.15, 0.2) is 11.6 Å². The highest BCUT2D eigenvalue weighted by atomic mass is 19.1. The van der Waals surface area contributed by atoms with Gasteiger partial charge in [-0.2, -0.15) is 4.98 Å². The van der Waals surface area contributed by atoms with Crippen LogP contribution in [0, 0.1) is 5.82 Å². The average molecular weight is 254 g/mol. The fourth-order valence-electron chi connectivity index (χ4n) is 2.31. The molecule has 7 heteroatoms. The smallest absolute Gasteiger partial charge is 0.239 e. The Balaban J connectivity index is 2.10. The molecule has 0 saturated carbocycles. The number of nitrogen functional groups attached to an aromatic ring is 1. The van der Waals surface area contributed by atoms with E-state index in [1.165, 1.54) is 6.42 Å². The van der Waals surface area contributed by atoms with Gasteiger partial charge >= 0.3 is 0 Å². The zero-order valence-corrected chi connectivity index (χ0v) is 10.7. The first-order chi connectivity index (χ1) is 8.61. The van der Waals surface area contributed by atoms with Crippen molar-refractivity contribution in [2.24, 2.45) is 5.84 Å². The van der Waals surface area contributed by atoms with Gasteiger partial charge in [-0.3, -0.25) is 5.43 Å². The van der Waals surface area contributed by atoms with Crippen molar-refractivity contribution in [1.82, 2.24) is 14.9 Å². The van der Waals surface area contributed by atoms with Gasteiger partial charge < -0.3 is 9.80 Å². The van der Waals surface area contributed by atoms with Crippen LogP contribution >= 0.6 is 0 Å². The molecule has 1 atom stereocenters. The van der Waals surface area contributed by atoms with E-state index in [1.807, 2.05) is 11.9 Å². The summed E-state index contributed by atoms with van der Waals surface area (Å²) in [7, 11) is 3.92. The zero-order chi connectivity index (χ0) is 13.1. The van der Waals surface area contributed by atoms with E-state index in [0.29, 0.717) is 6.04 Å². The minimum absolute atomic E-state index is 0.220. The molecule has 1 aliphatic rings. The summed E-state index contributed by atoms with van der Waals surface area (Å²) < 4.78 is 13.7. The topological polar surface area (TPSA) is 70.3 Å². The molecule has 0 aromatic carbocycles. The highest BCUT2D eigenvalue weighted by Crippen LogP contribution is 2.20. The molecule has 1 aliphatic heterocycles. The van der Waals surface area contributed by atoms with Gasteiger partial charge in [-0.05, 0) is 26.4 Å². The van der Waals surface area contributed by atoms with E-state index >= 15 is 0 Å². The Labute approximate surface area is 106 Å². The summed E-state index contributed by atoms with van der Waals surface area (Å²) in [5, 5.41) is 0. The fraction of sp³-hybridized carbons (Fsp3) is 0.636. The third-order valence-electron chi connectivity index (χ3n) is 3.37. The van der Waals surface area contributed by atoms with E-state index in [0.717, 1.165) is 25.7 Å². The van der Waals surface area contributed by atoms with Crippen LogP contribution in [0.1, 0.15) is 12.8 Å². The molecule has 6 nitrogen and oxygen atoms in total. The van der Waals surface area contributed by atoms with Crippen molar-refractivity contribution in [2.75, 3.05) is 37.5 Å². The normalized spacial score (nSPS) is 20.1. The molecule has 1 saturated heterocycles. The summed E-state index contributed by atoms with van der Waals surface area (Å²) in [6.45, 7) is 1.84. The van der Waals surface area contributed by atoms with E-state index in [9.17, 15) is 4.39 Å². The van der Waals surface area contributed by atoms with Crippen LogP contribution < -0.4 is 16.2 Å². The lowest BCUT2D eigenvalue weighted by Gasteiger charge is -2.26. The lowest BCUT2D eigenvalue weighted by Crippen LogP contribution is -2.37. The number of nitrogens with zero attached hydrogens (tertiary/aromatic N) is 4. The number of likely N-dealkylation sites (tertiary alicyclic amines) is 1. The van der Waals surface area contributed by atoms with E-state index in [4.69, 9.17) is 5.84 Å². The SMILES string of the molecule is CN(CC1CCCN1C)c1nc(NN)ncc1F. The number of aromatic nitrogens is 2. The largest absolute Gasteiger partial charge is 0.356 e. The van der Waals surface area contributed by atoms with Crippen LogP contribution in [0.3, 0.4) is 0 Å². The Kier molecular flexibility index (Phi) is 3.93. The molecule has 2 heterocycles. The number of nitrogens with two attached hydrogens (primary N) is 1. The average Bonchev–Trinajstić information content (AvgIpc) is 2.75. The van der Waals surface area contributed by atoms with E-state index < -0.39 is 5.82 Å². The van der Waals surface area contributed by atoms with E-state index in [1.54, 1.807) is 0 Å². The summed E-state index contributed by atoms with van der Waals surface area (Å²) >= 11 is 0. The quantitative estimate of drug-likeness (QED) is 0.600. The Morgan fingerprint density at radius 2 is 2.44 bits per heavy atom. The molecule has 18 heavy (non-hydrogen) atoms. The van der Waals surface area contributed by atoms with Crippen LogP contribution in [-0.2, 0) is 0 Å². The zero-order valence-electron chi connectivity index (χ0n) is 10.7. The number of nitrogens with one attached hydrogen (secondary N) is 1. The summed E-state index contributed by atoms with van der Waals surface area (Å²) in [6.07, 6.45) is 3.46. The molecule has 1 aromatic heterocycles. The van der Waals surface area contributed by atoms with Crippen molar-refractivity contribution in [3.05, 3.63) is 12.0 Å². The van der Waals surface area contributed by atoms with Crippen LogP contribution in [0.15, 0.2) is 6.20 Å². The molecule has 1 fully saturated rings. The number of hydrazine groups is 1. The van der Waals surface area contributed by atoms with Crippen molar-refractivity contribution < 1.29 is 4.39 Å². The van der Waals surface area contributed by atoms with Crippen LogP contribution in [0.5, 0.6) is 0 Å². The number of anilines is 2. The monoisotopic (exact) mass is 254 g/mol. The summed E-state index contributed by atoms with van der Waals surface area (Å²) in [5.41, 5.74) is 2.33. The van der Waals surface area contributed by atoms with Crippen LogP contribution in [0.2, 0.25) is 0 Å². The first-order valence-corrected chi connectivity index (χ1v) is 6.02. The Morgan fingerprint density at radius 3 is 3.06 bits per heavy atom. The van der Waals surface area contributed by atoms with Crippen LogP contribution in [-0.4, -0.2) is 48.1 Å². The molecule has 0 radical (unpaired) electrons. The van der Waals surface area contributed by atoms with Gasteiger partial charge in [0.1, 0.15) is 0 Å². The Morgan fingerprint density at radius 1 is 1.67 bits per heavy atom. The summed E-state index contributed by atoms with van der Waals surface area (Å²) in [6, 6.07) is 0.443. The molecule has 1 aromatic rings. The minimum atomic E-state index is -0.433. The second-order valence-electron chi connectivity index (χ2n) is 4.67. The minimum Gasteiger partial charge on any atom is -0.356 e. The van der Waals surface area contributed by atoms with Crippen molar-refractivity contribution in [3.8, 4) is 0 Å². The lowest BCUT2D eigenvalue weighted by molar-refractivity contribution is 0.313. The Bertz CT molecular complexity index is 413. The molecule has 0 aliphatic carbocycles. The van der Waals surface area contributed by atoms with Gasteiger partial charge in [0.05, 0.1) is 6.20 Å². The number of hydrogen-bond acceptors (Lipinski definition) is 6. The molecule has 1 unspecified atom stereocenters. The molecule has 0 bridgehead atoms. The van der Waals surface area contributed by atoms with Crippen molar-refractivity contribution >= 4 is 11.8 Å². The lowest BCUT2D eigenvalue weighted by atomic mass is 10.2. The van der Waals surface area contributed by atoms with Gasteiger partial charge in [0, 0.05) is 19.6 Å². The maximum absolute atomic E-state index is 13.7. The van der Waals surface area contributed by atoms with E-state index in [-0.39, 0.29) is 11.8 Å². The summed E-state index contributed by atoms with van der Waals surface area (Å²) in [5.74, 6) is 5.29. The first-order valence-electron chi connectivity index (χ1n) is 6.02. The van der Waals surface area contributed by atoms with E-state index in [2.05, 4.69) is 27.3 Å². The number of rotatable bonds is 4. The number of halogens is 1. The van der Waals surface area contributed by atoms with Crippen molar-refractivity contribution in [3.63, 3.8) is 0 Å². The molecule has 3 N–H and O–H groups in total. The molecule has 0 spiro atoms. The molecule has 100 valence electrons. The van der Waals surface area contributed by atoms with Crippen molar-refractivity contribution in [2.45, 2.75) is 18.9 Å². The Hall–Kier alpha value is -1.47. The summed E-state index contributed by atoms with van der Waals surface area (Å²) in [4.78, 5) is 11.9. The van der Waals surface area contributed by atoms with Gasteiger partial charge in [-0.1, -0.05) is 0 Å². The van der Waals surface area contributed by atoms with Gasteiger partial charge in [-0.15, -0.1) is 0 Å². The maximum Gasteiger partial charge on any atom is 0.239 e. The fourth-order valence-corrected chi connectivity index (χ4v) is 2.31. The maximum atomic E-state index is 13.7. The van der Waals surface area contributed by atoms with Crippen molar-refractivity contribution in [1.29, 1.82) is 0 Å². The predicted molar refractivity (Wildman–Crippen MR) is 68.7 cm³/mol. The third kappa shape index (κ3) is 2.68. The molecular formula is C11H19FN6. The highest BCUT2D eigenvalue weighted by molar-refractivity contribution is 5.42. The standard InChI is InChI=1S/C11H19FN6/c1-17-5-3-4-8(17)7-18(2)10-9(12)6-14-11(15-10)16-13/h6,8H,3-5,7,13H2,1-2H3,(H,14,15,16). The van der Waals surface area contributed by atoms with Gasteiger partial charge in [-0.25, -0.2) is 15.2 Å². The van der Waals surface area contributed by atoms with Gasteiger partial charge in [0.2, 0.25) is 5.95 Å².